The highest BCUT2D eigenvalue weighted by atomic mass is 15.2. The van der Waals surface area contributed by atoms with Crippen LogP contribution in [0.2, 0.25) is 0 Å². The maximum atomic E-state index is 5.18. The Bertz CT molecular complexity index is 3180. The Hall–Kier alpha value is -7.63. The summed E-state index contributed by atoms with van der Waals surface area (Å²) in [6, 6.07) is 70.4. The minimum absolute atomic E-state index is 0.575. The van der Waals surface area contributed by atoms with E-state index >= 15 is 0 Å². The van der Waals surface area contributed by atoms with Gasteiger partial charge in [0.1, 0.15) is 0 Å². The second-order valence-corrected chi connectivity index (χ2v) is 14.1. The molecule has 8 aromatic carbocycles. The van der Waals surface area contributed by atoms with Crippen LogP contribution < -0.4 is 0 Å². The van der Waals surface area contributed by atoms with Crippen molar-refractivity contribution in [3.05, 3.63) is 200 Å². The SMILES string of the molecule is c1ccc(-c2cccc(-c3cccc(-n4c5ccccc5c5ccc6c(c7ccccc7n6-c6nc(-c7ccccc7)nc(-c7ccccc7)n6)c54)c3)c2)cc1. The molecule has 3 aromatic heterocycles. The number of rotatable bonds is 6. The van der Waals surface area contributed by atoms with Crippen LogP contribution in [0.4, 0.5) is 0 Å². The molecule has 262 valence electrons. The summed E-state index contributed by atoms with van der Waals surface area (Å²) in [5.74, 6) is 1.83. The second kappa shape index (κ2) is 13.0. The molecule has 11 rings (SSSR count). The zero-order valence-corrected chi connectivity index (χ0v) is 30.3. The zero-order valence-electron chi connectivity index (χ0n) is 30.3. The van der Waals surface area contributed by atoms with Gasteiger partial charge >= 0.3 is 0 Å². The van der Waals surface area contributed by atoms with Crippen LogP contribution >= 0.6 is 0 Å². The predicted molar refractivity (Wildman–Crippen MR) is 230 cm³/mol. The molecule has 0 radical (unpaired) electrons. The second-order valence-electron chi connectivity index (χ2n) is 14.1. The Kier molecular flexibility index (Phi) is 7.42. The third-order valence-corrected chi connectivity index (χ3v) is 10.8. The van der Waals surface area contributed by atoms with Crippen molar-refractivity contribution in [2.24, 2.45) is 0 Å². The van der Waals surface area contributed by atoms with Gasteiger partial charge in [-0.2, -0.15) is 9.97 Å². The standard InChI is InChI=1S/C51H33N5/c1-4-16-34(17-5-1)37-22-14-23-38(32-37)39-24-15-25-40(33-39)55-44-28-12-10-26-41(44)42-30-31-46-47(48(42)55)43-27-11-13-29-45(43)56(46)51-53-49(35-18-6-2-7-19-35)52-50(54-51)36-20-8-3-9-21-36/h1-33H. The van der Waals surface area contributed by atoms with E-state index in [9.17, 15) is 0 Å². The number of fused-ring (bicyclic) bond motifs is 7. The highest BCUT2D eigenvalue weighted by Crippen LogP contribution is 2.42. The molecule has 0 saturated heterocycles. The first kappa shape index (κ1) is 31.9. The Morgan fingerprint density at radius 3 is 1.46 bits per heavy atom. The lowest BCUT2D eigenvalue weighted by Crippen LogP contribution is -2.06. The maximum Gasteiger partial charge on any atom is 0.238 e. The van der Waals surface area contributed by atoms with Crippen LogP contribution in [0.3, 0.4) is 0 Å². The van der Waals surface area contributed by atoms with Crippen LogP contribution in [-0.4, -0.2) is 24.1 Å². The van der Waals surface area contributed by atoms with E-state index in [0.717, 1.165) is 55.2 Å². The first-order valence-corrected chi connectivity index (χ1v) is 18.9. The Labute approximate surface area is 323 Å². The van der Waals surface area contributed by atoms with Gasteiger partial charge in [0, 0.05) is 38.4 Å². The van der Waals surface area contributed by atoms with Crippen molar-refractivity contribution in [1.82, 2.24) is 24.1 Å². The summed E-state index contributed by atoms with van der Waals surface area (Å²) in [4.78, 5) is 15.4. The third kappa shape index (κ3) is 5.21. The Morgan fingerprint density at radius 2 is 0.804 bits per heavy atom. The molecule has 0 aliphatic heterocycles. The molecule has 0 saturated carbocycles. The van der Waals surface area contributed by atoms with Crippen LogP contribution in [0.15, 0.2) is 200 Å². The molecule has 0 N–H and O–H groups in total. The van der Waals surface area contributed by atoms with Gasteiger partial charge in [-0.25, -0.2) is 4.98 Å². The molecule has 11 aromatic rings. The predicted octanol–water partition coefficient (Wildman–Crippen LogP) is 12.7. The van der Waals surface area contributed by atoms with Gasteiger partial charge in [0.2, 0.25) is 5.95 Å². The van der Waals surface area contributed by atoms with Crippen LogP contribution in [0.25, 0.3) is 100 Å². The molecule has 56 heavy (non-hydrogen) atoms. The summed E-state index contributed by atoms with van der Waals surface area (Å²) in [6.45, 7) is 0. The summed E-state index contributed by atoms with van der Waals surface area (Å²) in [6.07, 6.45) is 0. The third-order valence-electron chi connectivity index (χ3n) is 10.8. The topological polar surface area (TPSA) is 48.5 Å². The van der Waals surface area contributed by atoms with Crippen LogP contribution in [0, 0.1) is 0 Å². The lowest BCUT2D eigenvalue weighted by Gasteiger charge is -2.12. The number of hydrogen-bond acceptors (Lipinski definition) is 3. The van der Waals surface area contributed by atoms with Gasteiger partial charge in [-0.1, -0.05) is 164 Å². The monoisotopic (exact) mass is 715 g/mol. The molecule has 0 spiro atoms. The quantitative estimate of drug-likeness (QED) is 0.172. The molecule has 0 aliphatic rings. The Balaban J connectivity index is 1.18. The molecular weight excluding hydrogens is 683 g/mol. The van der Waals surface area contributed by atoms with Crippen molar-refractivity contribution >= 4 is 43.6 Å². The van der Waals surface area contributed by atoms with Crippen LogP contribution in [-0.2, 0) is 0 Å². The first-order chi connectivity index (χ1) is 27.8. The minimum atomic E-state index is 0.575. The van der Waals surface area contributed by atoms with Crippen molar-refractivity contribution in [2.75, 3.05) is 0 Å². The normalized spacial score (nSPS) is 11.6. The number of aromatic nitrogens is 5. The molecule has 0 unspecified atom stereocenters. The maximum absolute atomic E-state index is 5.18. The number of para-hydroxylation sites is 2. The van der Waals surface area contributed by atoms with Gasteiger partial charge in [-0.15, -0.1) is 0 Å². The number of benzene rings is 8. The van der Waals surface area contributed by atoms with Gasteiger partial charge < -0.3 is 4.57 Å². The van der Waals surface area contributed by atoms with Crippen molar-refractivity contribution in [2.45, 2.75) is 0 Å². The fourth-order valence-electron chi connectivity index (χ4n) is 8.22. The average molecular weight is 716 g/mol. The molecular formula is C51H33N5. The molecule has 5 heteroatoms. The zero-order chi connectivity index (χ0) is 37.0. The molecule has 5 nitrogen and oxygen atoms in total. The van der Waals surface area contributed by atoms with Crippen molar-refractivity contribution in [1.29, 1.82) is 0 Å². The van der Waals surface area contributed by atoms with Gasteiger partial charge in [-0.05, 0) is 58.7 Å². The van der Waals surface area contributed by atoms with Crippen LogP contribution in [0.5, 0.6) is 0 Å². The molecule has 0 fully saturated rings. The first-order valence-electron chi connectivity index (χ1n) is 18.9. The molecule has 0 bridgehead atoms. The van der Waals surface area contributed by atoms with E-state index in [2.05, 4.69) is 149 Å². The van der Waals surface area contributed by atoms with E-state index in [1.807, 2.05) is 60.7 Å². The lowest BCUT2D eigenvalue weighted by atomic mass is 9.99. The highest BCUT2D eigenvalue weighted by Gasteiger charge is 2.23. The van der Waals surface area contributed by atoms with Gasteiger partial charge in [0.15, 0.2) is 11.6 Å². The fourth-order valence-corrected chi connectivity index (χ4v) is 8.22. The number of hydrogen-bond donors (Lipinski definition) is 0. The van der Waals surface area contributed by atoms with E-state index in [1.165, 1.54) is 27.5 Å². The highest BCUT2D eigenvalue weighted by molar-refractivity contribution is 6.26. The average Bonchev–Trinajstić information content (AvgIpc) is 3.80. The van der Waals surface area contributed by atoms with Crippen LogP contribution in [0.1, 0.15) is 0 Å². The molecule has 0 amide bonds. The van der Waals surface area contributed by atoms with E-state index in [1.54, 1.807) is 0 Å². The summed E-state index contributed by atoms with van der Waals surface area (Å²) < 4.78 is 4.64. The molecule has 0 atom stereocenters. The molecule has 3 heterocycles. The number of nitrogens with zero attached hydrogens (tertiary/aromatic N) is 5. The summed E-state index contributed by atoms with van der Waals surface area (Å²) in [5.41, 5.74) is 12.1. The smallest absolute Gasteiger partial charge is 0.238 e. The van der Waals surface area contributed by atoms with Crippen molar-refractivity contribution < 1.29 is 0 Å². The summed E-state index contributed by atoms with van der Waals surface area (Å²) in [7, 11) is 0. The summed E-state index contributed by atoms with van der Waals surface area (Å²) in [5, 5.41) is 4.68. The van der Waals surface area contributed by atoms with Crippen molar-refractivity contribution in [3.63, 3.8) is 0 Å². The van der Waals surface area contributed by atoms with Crippen molar-refractivity contribution in [3.8, 4) is 56.7 Å². The van der Waals surface area contributed by atoms with Gasteiger partial charge in [0.25, 0.3) is 0 Å². The van der Waals surface area contributed by atoms with Gasteiger partial charge in [-0.3, -0.25) is 4.57 Å². The van der Waals surface area contributed by atoms with E-state index in [-0.39, 0.29) is 0 Å². The van der Waals surface area contributed by atoms with E-state index in [4.69, 9.17) is 15.0 Å². The van der Waals surface area contributed by atoms with Gasteiger partial charge in [0.05, 0.1) is 22.1 Å². The lowest BCUT2D eigenvalue weighted by molar-refractivity contribution is 0.953. The minimum Gasteiger partial charge on any atom is -0.309 e. The molecule has 0 aliphatic carbocycles. The van der Waals surface area contributed by atoms with E-state index in [0.29, 0.717) is 17.6 Å². The largest absolute Gasteiger partial charge is 0.309 e. The van der Waals surface area contributed by atoms with E-state index < -0.39 is 0 Å². The Morgan fingerprint density at radius 1 is 0.304 bits per heavy atom. The summed E-state index contributed by atoms with van der Waals surface area (Å²) >= 11 is 0. The fraction of sp³-hybridized carbons (Fsp3) is 0.